The van der Waals surface area contributed by atoms with Crippen LogP contribution in [0.4, 0.5) is 0 Å². The van der Waals surface area contributed by atoms with E-state index in [0.717, 1.165) is 19.5 Å². The van der Waals surface area contributed by atoms with Gasteiger partial charge in [0.15, 0.2) is 0 Å². The summed E-state index contributed by atoms with van der Waals surface area (Å²) in [5.74, 6) is -0.143. The maximum atomic E-state index is 12.1. The minimum atomic E-state index is -3.61. The summed E-state index contributed by atoms with van der Waals surface area (Å²) in [7, 11) is -3.61. The summed E-state index contributed by atoms with van der Waals surface area (Å²) < 4.78 is 26.6. The Bertz CT molecular complexity index is 679. The molecule has 1 aromatic rings. The van der Waals surface area contributed by atoms with E-state index in [1.807, 2.05) is 0 Å². The molecule has 1 saturated heterocycles. The van der Waals surface area contributed by atoms with Gasteiger partial charge in [0.25, 0.3) is 0 Å². The van der Waals surface area contributed by atoms with Gasteiger partial charge in [-0.1, -0.05) is 18.0 Å². The van der Waals surface area contributed by atoms with Crippen LogP contribution in [0, 0.1) is 0 Å². The number of sulfonamides is 1. The number of halogens is 1. The second-order valence-electron chi connectivity index (χ2n) is 6.69. The molecule has 1 aromatic carbocycles. The molecule has 1 fully saturated rings. The zero-order chi connectivity index (χ0) is 19.0. The molecule has 0 radical (unpaired) electrons. The fourth-order valence-electron chi connectivity index (χ4n) is 3.08. The lowest BCUT2D eigenvalue weighted by Crippen LogP contribution is -2.39. The van der Waals surface area contributed by atoms with Crippen LogP contribution >= 0.6 is 11.6 Å². The summed E-state index contributed by atoms with van der Waals surface area (Å²) in [5, 5.41) is 3.33. The number of hydrogen-bond donors (Lipinski definition) is 2. The van der Waals surface area contributed by atoms with Gasteiger partial charge in [0.2, 0.25) is 15.9 Å². The molecule has 0 bridgehead atoms. The standard InChI is InChI=1S/C18H28ClN3O3S/c1-15-5-2-3-13-22(15)14-4-11-20-18(23)10-12-21-26(24,25)17-8-6-16(19)7-9-17/h6-9,15,21H,2-5,10-14H2,1H3,(H,20,23)/t15-/m0/s1. The number of amides is 1. The average molecular weight is 402 g/mol. The molecule has 146 valence electrons. The first-order valence-electron chi connectivity index (χ1n) is 9.14. The maximum Gasteiger partial charge on any atom is 0.240 e. The van der Waals surface area contributed by atoms with Crippen LogP contribution in [-0.4, -0.2) is 51.4 Å². The SMILES string of the molecule is C[C@H]1CCCCN1CCCNC(=O)CCNS(=O)(=O)c1ccc(Cl)cc1. The van der Waals surface area contributed by atoms with E-state index in [0.29, 0.717) is 17.6 Å². The van der Waals surface area contributed by atoms with Gasteiger partial charge < -0.3 is 10.2 Å². The van der Waals surface area contributed by atoms with E-state index < -0.39 is 10.0 Å². The highest BCUT2D eigenvalue weighted by Gasteiger charge is 2.17. The van der Waals surface area contributed by atoms with E-state index in [1.165, 1.54) is 43.5 Å². The molecular formula is C18H28ClN3O3S. The number of carbonyl (C=O) groups is 1. The second-order valence-corrected chi connectivity index (χ2v) is 8.89. The Morgan fingerprint density at radius 2 is 1.96 bits per heavy atom. The summed E-state index contributed by atoms with van der Waals surface area (Å²) >= 11 is 5.75. The van der Waals surface area contributed by atoms with Gasteiger partial charge in [-0.25, -0.2) is 13.1 Å². The van der Waals surface area contributed by atoms with E-state index in [2.05, 4.69) is 21.9 Å². The summed E-state index contributed by atoms with van der Waals surface area (Å²) in [4.78, 5) is 14.5. The first-order chi connectivity index (χ1) is 12.4. The molecule has 0 aromatic heterocycles. The first kappa shape index (κ1) is 21.2. The highest BCUT2D eigenvalue weighted by Crippen LogP contribution is 2.16. The van der Waals surface area contributed by atoms with E-state index in [4.69, 9.17) is 11.6 Å². The molecule has 26 heavy (non-hydrogen) atoms. The van der Waals surface area contributed by atoms with Crippen molar-refractivity contribution in [2.24, 2.45) is 0 Å². The molecular weight excluding hydrogens is 374 g/mol. The Morgan fingerprint density at radius 3 is 2.65 bits per heavy atom. The molecule has 2 rings (SSSR count). The lowest BCUT2D eigenvalue weighted by Gasteiger charge is -2.33. The Kier molecular flexibility index (Phi) is 8.34. The van der Waals surface area contributed by atoms with Gasteiger partial charge in [-0.15, -0.1) is 0 Å². The molecule has 1 atom stereocenters. The summed E-state index contributed by atoms with van der Waals surface area (Å²) in [5.41, 5.74) is 0. The largest absolute Gasteiger partial charge is 0.356 e. The number of hydrogen-bond acceptors (Lipinski definition) is 4. The molecule has 0 aliphatic carbocycles. The molecule has 1 amide bonds. The third-order valence-corrected chi connectivity index (χ3v) is 6.38. The predicted octanol–water partition coefficient (Wildman–Crippen LogP) is 2.39. The fraction of sp³-hybridized carbons (Fsp3) is 0.611. The van der Waals surface area contributed by atoms with Crippen molar-refractivity contribution in [2.75, 3.05) is 26.2 Å². The lowest BCUT2D eigenvalue weighted by atomic mass is 10.0. The highest BCUT2D eigenvalue weighted by molar-refractivity contribution is 7.89. The van der Waals surface area contributed by atoms with Crippen molar-refractivity contribution >= 4 is 27.5 Å². The van der Waals surface area contributed by atoms with Crippen LogP contribution in [0.15, 0.2) is 29.2 Å². The molecule has 0 spiro atoms. The minimum absolute atomic E-state index is 0.0694. The number of piperidine rings is 1. The molecule has 2 N–H and O–H groups in total. The normalized spacial score (nSPS) is 18.6. The van der Waals surface area contributed by atoms with Crippen LogP contribution < -0.4 is 10.0 Å². The molecule has 0 saturated carbocycles. The molecule has 8 heteroatoms. The van der Waals surface area contributed by atoms with Gasteiger partial charge in [-0.2, -0.15) is 0 Å². The van der Waals surface area contributed by atoms with Crippen molar-refractivity contribution in [2.45, 2.75) is 50.0 Å². The van der Waals surface area contributed by atoms with Gasteiger partial charge in [0.05, 0.1) is 4.90 Å². The Labute approximate surface area is 161 Å². The highest BCUT2D eigenvalue weighted by atomic mass is 35.5. The minimum Gasteiger partial charge on any atom is -0.356 e. The van der Waals surface area contributed by atoms with Crippen LogP contribution in [0.3, 0.4) is 0 Å². The van der Waals surface area contributed by atoms with E-state index >= 15 is 0 Å². The van der Waals surface area contributed by atoms with Gasteiger partial charge in [0, 0.05) is 37.1 Å². The second kappa shape index (κ2) is 10.3. The monoisotopic (exact) mass is 401 g/mol. The van der Waals surface area contributed by atoms with Gasteiger partial charge in [0.1, 0.15) is 0 Å². The third kappa shape index (κ3) is 6.87. The van der Waals surface area contributed by atoms with Gasteiger partial charge in [-0.3, -0.25) is 4.79 Å². The van der Waals surface area contributed by atoms with Crippen LogP contribution in [0.2, 0.25) is 5.02 Å². The first-order valence-corrected chi connectivity index (χ1v) is 11.0. The third-order valence-electron chi connectivity index (χ3n) is 4.65. The smallest absolute Gasteiger partial charge is 0.240 e. The van der Waals surface area contributed by atoms with Crippen molar-refractivity contribution in [3.8, 4) is 0 Å². The van der Waals surface area contributed by atoms with Crippen molar-refractivity contribution in [3.05, 3.63) is 29.3 Å². The Morgan fingerprint density at radius 1 is 1.23 bits per heavy atom. The zero-order valence-electron chi connectivity index (χ0n) is 15.2. The number of rotatable bonds is 9. The lowest BCUT2D eigenvalue weighted by molar-refractivity contribution is -0.120. The van der Waals surface area contributed by atoms with E-state index in [9.17, 15) is 13.2 Å². The van der Waals surface area contributed by atoms with Crippen molar-refractivity contribution in [3.63, 3.8) is 0 Å². The predicted molar refractivity (Wildman–Crippen MR) is 104 cm³/mol. The van der Waals surface area contributed by atoms with Crippen molar-refractivity contribution in [1.29, 1.82) is 0 Å². The topological polar surface area (TPSA) is 78.5 Å². The zero-order valence-corrected chi connectivity index (χ0v) is 16.8. The average Bonchev–Trinajstić information content (AvgIpc) is 2.60. The maximum absolute atomic E-state index is 12.1. The Balaban J connectivity index is 1.62. The summed E-state index contributed by atoms with van der Waals surface area (Å²) in [6.45, 7) is 5.07. The number of nitrogens with zero attached hydrogens (tertiary/aromatic N) is 1. The molecule has 6 nitrogen and oxygen atoms in total. The van der Waals surface area contributed by atoms with Crippen molar-refractivity contribution in [1.82, 2.24) is 14.9 Å². The number of nitrogens with one attached hydrogen (secondary N) is 2. The number of carbonyl (C=O) groups excluding carboxylic acids is 1. The number of benzene rings is 1. The molecule has 1 aliphatic rings. The molecule has 1 heterocycles. The quantitative estimate of drug-likeness (QED) is 0.623. The van der Waals surface area contributed by atoms with Crippen LogP contribution in [0.5, 0.6) is 0 Å². The van der Waals surface area contributed by atoms with E-state index in [-0.39, 0.29) is 23.8 Å². The Hall–Kier alpha value is -1.15. The molecule has 0 unspecified atom stereocenters. The van der Waals surface area contributed by atoms with E-state index in [1.54, 1.807) is 0 Å². The van der Waals surface area contributed by atoms with Crippen LogP contribution in [-0.2, 0) is 14.8 Å². The van der Waals surface area contributed by atoms with Gasteiger partial charge >= 0.3 is 0 Å². The van der Waals surface area contributed by atoms with Crippen LogP contribution in [0.1, 0.15) is 39.0 Å². The molecule has 1 aliphatic heterocycles. The fourth-order valence-corrected chi connectivity index (χ4v) is 4.24. The number of likely N-dealkylation sites (tertiary alicyclic amines) is 1. The summed E-state index contributed by atoms with van der Waals surface area (Å²) in [6, 6.07) is 6.54. The van der Waals surface area contributed by atoms with Crippen molar-refractivity contribution < 1.29 is 13.2 Å². The van der Waals surface area contributed by atoms with Crippen LogP contribution in [0.25, 0.3) is 0 Å². The van der Waals surface area contributed by atoms with Gasteiger partial charge in [-0.05, 0) is 57.0 Å². The summed E-state index contributed by atoms with van der Waals surface area (Å²) in [6.07, 6.45) is 4.84.